The first-order chi connectivity index (χ1) is 8.96. The van der Waals surface area contributed by atoms with Gasteiger partial charge in [0, 0.05) is 5.39 Å². The number of hydrogen-bond acceptors (Lipinski definition) is 3. The lowest BCUT2D eigenvalue weighted by Gasteiger charge is -2.16. The second kappa shape index (κ2) is 5.31. The van der Waals surface area contributed by atoms with Crippen LogP contribution in [0.2, 0.25) is 0 Å². The van der Waals surface area contributed by atoms with E-state index in [1.165, 1.54) is 0 Å². The minimum atomic E-state index is -0.361. The first-order valence-electron chi connectivity index (χ1n) is 6.31. The van der Waals surface area contributed by atoms with E-state index in [9.17, 15) is 4.79 Å². The highest BCUT2D eigenvalue weighted by Gasteiger charge is 2.18. The summed E-state index contributed by atoms with van der Waals surface area (Å²) in [7, 11) is 0. The summed E-state index contributed by atoms with van der Waals surface area (Å²) in [6.45, 7) is 5.94. The van der Waals surface area contributed by atoms with Crippen molar-refractivity contribution in [3.8, 4) is 5.75 Å². The Kier molecular flexibility index (Phi) is 3.74. The Morgan fingerprint density at radius 1 is 1.05 bits per heavy atom. The Hall–Kier alpha value is -2.03. The lowest BCUT2D eigenvalue weighted by Crippen LogP contribution is -2.16. The third-order valence-electron chi connectivity index (χ3n) is 2.65. The zero-order chi connectivity index (χ0) is 13.9. The van der Waals surface area contributed by atoms with Gasteiger partial charge < -0.3 is 0 Å². The van der Waals surface area contributed by atoms with Crippen molar-refractivity contribution in [2.24, 2.45) is 5.41 Å². The monoisotopic (exact) mass is 258 g/mol. The highest BCUT2D eigenvalue weighted by molar-refractivity contribution is 5.88. The minimum Gasteiger partial charge on any atom is -0.286 e. The normalized spacial score (nSPS) is 11.3. The Morgan fingerprint density at radius 3 is 2.47 bits per heavy atom. The highest BCUT2D eigenvalue weighted by atomic mass is 17.2. The summed E-state index contributed by atoms with van der Waals surface area (Å²) in [5.74, 6) is 0.195. The summed E-state index contributed by atoms with van der Waals surface area (Å²) in [5, 5.41) is 1.97. The zero-order valence-electron chi connectivity index (χ0n) is 11.5. The van der Waals surface area contributed by atoms with Crippen LogP contribution in [0.15, 0.2) is 42.5 Å². The smallest absolute Gasteiger partial charge is 0.286 e. The molecule has 3 heteroatoms. The second-order valence-corrected chi connectivity index (χ2v) is 5.75. The van der Waals surface area contributed by atoms with E-state index in [0.717, 1.165) is 10.8 Å². The predicted octanol–water partition coefficient (Wildman–Crippen LogP) is 4.11. The topological polar surface area (TPSA) is 35.5 Å². The Bertz CT molecular complexity index is 577. The van der Waals surface area contributed by atoms with E-state index in [0.29, 0.717) is 12.2 Å². The first kappa shape index (κ1) is 13.4. The molecule has 0 aliphatic heterocycles. The molecule has 0 unspecified atom stereocenters. The van der Waals surface area contributed by atoms with Crippen LogP contribution >= 0.6 is 0 Å². The number of carbonyl (C=O) groups is 1. The summed E-state index contributed by atoms with van der Waals surface area (Å²) < 4.78 is 0. The van der Waals surface area contributed by atoms with E-state index in [4.69, 9.17) is 9.78 Å². The average Bonchev–Trinajstić information content (AvgIpc) is 2.34. The molecule has 0 bridgehead atoms. The fourth-order valence-corrected chi connectivity index (χ4v) is 1.82. The molecule has 0 saturated heterocycles. The molecule has 2 aromatic carbocycles. The molecule has 0 aliphatic carbocycles. The number of benzene rings is 2. The van der Waals surface area contributed by atoms with Gasteiger partial charge in [-0.2, -0.15) is 0 Å². The van der Waals surface area contributed by atoms with Gasteiger partial charge in [-0.15, -0.1) is 0 Å². The molecule has 0 N–H and O–H groups in total. The zero-order valence-corrected chi connectivity index (χ0v) is 11.5. The van der Waals surface area contributed by atoms with Gasteiger partial charge in [-0.25, -0.2) is 4.79 Å². The number of rotatable bonds is 3. The van der Waals surface area contributed by atoms with Gasteiger partial charge in [-0.3, -0.25) is 9.78 Å². The molecule has 0 fully saturated rings. The van der Waals surface area contributed by atoms with E-state index in [1.54, 1.807) is 6.07 Å². The van der Waals surface area contributed by atoms with Crippen molar-refractivity contribution in [2.75, 3.05) is 0 Å². The molecule has 0 spiro atoms. The third-order valence-corrected chi connectivity index (χ3v) is 2.65. The molecule has 3 nitrogen and oxygen atoms in total. The quantitative estimate of drug-likeness (QED) is 0.614. The molecule has 2 aromatic rings. The second-order valence-electron chi connectivity index (χ2n) is 5.75. The van der Waals surface area contributed by atoms with Gasteiger partial charge in [0.05, 0.1) is 6.42 Å². The van der Waals surface area contributed by atoms with Crippen LogP contribution in [0.1, 0.15) is 27.2 Å². The fraction of sp³-hybridized carbons (Fsp3) is 0.312. The van der Waals surface area contributed by atoms with Crippen molar-refractivity contribution in [3.05, 3.63) is 42.5 Å². The van der Waals surface area contributed by atoms with Gasteiger partial charge in [-0.05, 0) is 16.9 Å². The average molecular weight is 258 g/mol. The standard InChI is InChI=1S/C16H18O3/c1-16(2,3)11-15(17)19-18-14-10-6-8-12-7-4-5-9-13(12)14/h4-10H,11H2,1-3H3. The molecule has 2 rings (SSSR count). The van der Waals surface area contributed by atoms with Crippen molar-refractivity contribution in [1.82, 2.24) is 0 Å². The SMILES string of the molecule is CC(C)(C)CC(=O)OOc1cccc2ccccc12. The molecule has 0 aliphatic rings. The predicted molar refractivity (Wildman–Crippen MR) is 74.7 cm³/mol. The Morgan fingerprint density at radius 2 is 1.74 bits per heavy atom. The lowest BCUT2D eigenvalue weighted by atomic mass is 9.93. The van der Waals surface area contributed by atoms with Gasteiger partial charge in [0.15, 0.2) is 5.75 Å². The molecule has 19 heavy (non-hydrogen) atoms. The maximum Gasteiger partial charge on any atom is 0.355 e. The molecular formula is C16H18O3. The van der Waals surface area contributed by atoms with E-state index in [2.05, 4.69) is 0 Å². The van der Waals surface area contributed by atoms with Crippen LogP contribution in [0.3, 0.4) is 0 Å². The van der Waals surface area contributed by atoms with Crippen LogP contribution in [0, 0.1) is 5.41 Å². The molecule has 0 atom stereocenters. The molecule has 0 radical (unpaired) electrons. The Balaban J connectivity index is 2.08. The first-order valence-corrected chi connectivity index (χ1v) is 6.31. The summed E-state index contributed by atoms with van der Waals surface area (Å²) in [6, 6.07) is 13.4. The van der Waals surface area contributed by atoms with Crippen molar-refractivity contribution >= 4 is 16.7 Å². The molecule has 0 aromatic heterocycles. The van der Waals surface area contributed by atoms with E-state index < -0.39 is 0 Å². The van der Waals surface area contributed by atoms with Gasteiger partial charge >= 0.3 is 5.97 Å². The van der Waals surface area contributed by atoms with Gasteiger partial charge in [0.2, 0.25) is 0 Å². The van der Waals surface area contributed by atoms with Crippen molar-refractivity contribution in [2.45, 2.75) is 27.2 Å². The van der Waals surface area contributed by atoms with Crippen molar-refractivity contribution in [3.63, 3.8) is 0 Å². The van der Waals surface area contributed by atoms with Crippen LogP contribution in [-0.2, 0) is 9.68 Å². The summed E-state index contributed by atoms with van der Waals surface area (Å²) in [4.78, 5) is 21.7. The number of fused-ring (bicyclic) bond motifs is 1. The van der Waals surface area contributed by atoms with Crippen molar-refractivity contribution in [1.29, 1.82) is 0 Å². The summed E-state index contributed by atoms with van der Waals surface area (Å²) >= 11 is 0. The number of carbonyl (C=O) groups excluding carboxylic acids is 1. The van der Waals surface area contributed by atoms with Crippen LogP contribution in [-0.4, -0.2) is 5.97 Å². The third kappa shape index (κ3) is 3.71. The van der Waals surface area contributed by atoms with E-state index >= 15 is 0 Å². The van der Waals surface area contributed by atoms with Gasteiger partial charge in [-0.1, -0.05) is 57.2 Å². The fourth-order valence-electron chi connectivity index (χ4n) is 1.82. The van der Waals surface area contributed by atoms with Crippen molar-refractivity contribution < 1.29 is 14.6 Å². The van der Waals surface area contributed by atoms with Crippen LogP contribution in [0.4, 0.5) is 0 Å². The van der Waals surface area contributed by atoms with Gasteiger partial charge in [0.1, 0.15) is 0 Å². The highest BCUT2D eigenvalue weighted by Crippen LogP contribution is 2.26. The van der Waals surface area contributed by atoms with Crippen LogP contribution in [0.5, 0.6) is 5.75 Å². The number of hydrogen-bond donors (Lipinski definition) is 0. The largest absolute Gasteiger partial charge is 0.355 e. The summed E-state index contributed by atoms with van der Waals surface area (Å²) in [5.41, 5.74) is -0.112. The lowest BCUT2D eigenvalue weighted by molar-refractivity contribution is -0.215. The Labute approximate surface area is 113 Å². The van der Waals surface area contributed by atoms with Crippen LogP contribution < -0.4 is 4.89 Å². The summed E-state index contributed by atoms with van der Waals surface area (Å²) in [6.07, 6.45) is 0.317. The molecule has 0 amide bonds. The molecule has 0 saturated carbocycles. The molecule has 0 heterocycles. The van der Waals surface area contributed by atoms with E-state index in [1.807, 2.05) is 57.2 Å². The van der Waals surface area contributed by atoms with E-state index in [-0.39, 0.29) is 11.4 Å². The maximum atomic E-state index is 11.6. The molecular weight excluding hydrogens is 240 g/mol. The minimum absolute atomic E-state index is 0.112. The van der Waals surface area contributed by atoms with Crippen LogP contribution in [0.25, 0.3) is 10.8 Å². The van der Waals surface area contributed by atoms with Gasteiger partial charge in [0.25, 0.3) is 0 Å². The molecule has 100 valence electrons. The maximum absolute atomic E-state index is 11.6.